The van der Waals surface area contributed by atoms with Gasteiger partial charge in [0.05, 0.1) is 37.9 Å². The molecule has 2 aromatic rings. The maximum atomic E-state index is 12.9. The molecule has 4 atom stereocenters. The van der Waals surface area contributed by atoms with E-state index in [1.165, 1.54) is 0 Å². The van der Waals surface area contributed by atoms with E-state index in [1.807, 2.05) is 47.4 Å². The third-order valence-electron chi connectivity index (χ3n) is 7.63. The topological polar surface area (TPSA) is 74.7 Å². The van der Waals surface area contributed by atoms with Gasteiger partial charge in [0.15, 0.2) is 0 Å². The quantitative estimate of drug-likeness (QED) is 0.642. The molecule has 0 radical (unpaired) electrons. The van der Waals surface area contributed by atoms with Gasteiger partial charge in [0.25, 0.3) is 0 Å². The number of hydrogen-bond donors (Lipinski definition) is 1. The number of carbonyl (C=O) groups excluding carboxylic acids is 1. The molecule has 0 saturated carbocycles. The van der Waals surface area contributed by atoms with Crippen LogP contribution in [0.1, 0.15) is 24.8 Å². The molecule has 37 heavy (non-hydrogen) atoms. The summed E-state index contributed by atoms with van der Waals surface area (Å²) in [5.74, 6) is 1.79. The maximum Gasteiger partial charge on any atom is 0.225 e. The Morgan fingerprint density at radius 1 is 0.973 bits per heavy atom. The number of β-amino-alcohol motifs (C(OH)–C–C–N with tert-alkyl or cyclic N) is 1. The van der Waals surface area contributed by atoms with Gasteiger partial charge in [-0.25, -0.2) is 0 Å². The van der Waals surface area contributed by atoms with Crippen molar-refractivity contribution in [3.8, 4) is 11.5 Å². The number of rotatable bonds is 6. The molecule has 8 nitrogen and oxygen atoms in total. The summed E-state index contributed by atoms with van der Waals surface area (Å²) in [7, 11) is 2.09. The molecule has 0 aromatic heterocycles. The Labute approximate surface area is 219 Å². The number of para-hydroxylation sites is 1. The third kappa shape index (κ3) is 7.09. The molecule has 0 bridgehead atoms. The summed E-state index contributed by atoms with van der Waals surface area (Å²) in [5, 5.41) is 10.5. The molecule has 3 aliphatic rings. The van der Waals surface area contributed by atoms with Crippen molar-refractivity contribution >= 4 is 5.91 Å². The van der Waals surface area contributed by atoms with Crippen LogP contribution < -0.4 is 4.74 Å². The van der Waals surface area contributed by atoms with Gasteiger partial charge in [-0.1, -0.05) is 30.3 Å². The van der Waals surface area contributed by atoms with Crippen molar-refractivity contribution in [1.29, 1.82) is 0 Å². The van der Waals surface area contributed by atoms with E-state index in [0.717, 1.165) is 56.1 Å². The molecular weight excluding hydrogens is 470 g/mol. The van der Waals surface area contributed by atoms with Gasteiger partial charge in [-0.2, -0.15) is 0 Å². The lowest BCUT2D eigenvalue weighted by molar-refractivity contribution is -0.161. The summed E-state index contributed by atoms with van der Waals surface area (Å²) in [6.07, 6.45) is 1.43. The molecule has 0 spiro atoms. The van der Waals surface area contributed by atoms with Crippen molar-refractivity contribution in [2.45, 2.75) is 50.2 Å². The second-order valence-corrected chi connectivity index (χ2v) is 10.5. The van der Waals surface area contributed by atoms with Gasteiger partial charge in [-0.3, -0.25) is 9.69 Å². The number of piperazine rings is 1. The fraction of sp³-hybridized carbons (Fsp3) is 0.552. The van der Waals surface area contributed by atoms with E-state index in [-0.39, 0.29) is 30.8 Å². The third-order valence-corrected chi connectivity index (χ3v) is 7.63. The van der Waals surface area contributed by atoms with E-state index in [9.17, 15) is 9.90 Å². The monoisotopic (exact) mass is 509 g/mol. The van der Waals surface area contributed by atoms with Crippen LogP contribution in [-0.2, 0) is 20.8 Å². The molecule has 8 heteroatoms. The summed E-state index contributed by atoms with van der Waals surface area (Å²) in [4.78, 5) is 19.4. The average molecular weight is 510 g/mol. The SMILES string of the molecule is CN1CCN(C(=O)C[C@@H]2CC[C@H]3[C@@H](COC[C@H](O)CN3Cc3ccc(Oc4ccccc4)cc3)O2)CC1. The molecule has 2 aromatic carbocycles. The van der Waals surface area contributed by atoms with Gasteiger partial charge in [0, 0.05) is 45.3 Å². The average Bonchev–Trinajstić information content (AvgIpc) is 2.90. The number of benzene rings is 2. The minimum absolute atomic E-state index is 0.0855. The van der Waals surface area contributed by atoms with Crippen LogP contribution in [0.25, 0.3) is 0 Å². The van der Waals surface area contributed by atoms with Crippen LogP contribution in [-0.4, -0.2) is 103 Å². The van der Waals surface area contributed by atoms with Gasteiger partial charge < -0.3 is 29.1 Å². The summed E-state index contributed by atoms with van der Waals surface area (Å²) in [6.45, 7) is 5.38. The molecule has 3 saturated heterocycles. The Hall–Kier alpha value is -2.49. The lowest BCUT2D eigenvalue weighted by Gasteiger charge is -2.45. The van der Waals surface area contributed by atoms with Crippen LogP contribution in [0.5, 0.6) is 11.5 Å². The first-order chi connectivity index (χ1) is 18.0. The van der Waals surface area contributed by atoms with Crippen LogP contribution >= 0.6 is 0 Å². The number of fused-ring (bicyclic) bond motifs is 1. The van der Waals surface area contributed by atoms with Crippen molar-refractivity contribution in [2.24, 2.45) is 0 Å². The number of aliphatic hydroxyl groups excluding tert-OH is 1. The minimum Gasteiger partial charge on any atom is -0.457 e. The van der Waals surface area contributed by atoms with E-state index >= 15 is 0 Å². The zero-order valence-electron chi connectivity index (χ0n) is 21.7. The molecule has 5 rings (SSSR count). The van der Waals surface area contributed by atoms with Crippen LogP contribution in [0.15, 0.2) is 54.6 Å². The van der Waals surface area contributed by atoms with Crippen LogP contribution in [0.4, 0.5) is 0 Å². The van der Waals surface area contributed by atoms with Gasteiger partial charge in [-0.15, -0.1) is 0 Å². The summed E-state index contributed by atoms with van der Waals surface area (Å²) in [6, 6.07) is 18.0. The molecule has 200 valence electrons. The predicted octanol–water partition coefficient (Wildman–Crippen LogP) is 2.75. The Morgan fingerprint density at radius 3 is 2.46 bits per heavy atom. The summed E-state index contributed by atoms with van der Waals surface area (Å²) < 4.78 is 18.2. The van der Waals surface area contributed by atoms with Gasteiger partial charge in [0.1, 0.15) is 11.5 Å². The summed E-state index contributed by atoms with van der Waals surface area (Å²) in [5.41, 5.74) is 1.15. The normalized spacial score (nSPS) is 27.7. The highest BCUT2D eigenvalue weighted by molar-refractivity contribution is 5.76. The van der Waals surface area contributed by atoms with Gasteiger partial charge in [-0.05, 0) is 49.7 Å². The van der Waals surface area contributed by atoms with Crippen LogP contribution in [0, 0.1) is 0 Å². The lowest BCUT2D eigenvalue weighted by atomic mass is 9.94. The van der Waals surface area contributed by atoms with E-state index in [2.05, 4.69) is 29.0 Å². The van der Waals surface area contributed by atoms with Crippen LogP contribution in [0.3, 0.4) is 0 Å². The number of ether oxygens (including phenoxy) is 3. The van der Waals surface area contributed by atoms with Gasteiger partial charge >= 0.3 is 0 Å². The Bertz CT molecular complexity index is 996. The Kier molecular flexibility index (Phi) is 8.74. The molecule has 3 heterocycles. The molecule has 0 aliphatic carbocycles. The second kappa shape index (κ2) is 12.4. The summed E-state index contributed by atoms with van der Waals surface area (Å²) >= 11 is 0. The smallest absolute Gasteiger partial charge is 0.225 e. The Morgan fingerprint density at radius 2 is 1.70 bits per heavy atom. The van der Waals surface area contributed by atoms with E-state index in [1.54, 1.807) is 0 Å². The fourth-order valence-corrected chi connectivity index (χ4v) is 5.53. The largest absolute Gasteiger partial charge is 0.457 e. The zero-order chi connectivity index (χ0) is 25.6. The van der Waals surface area contributed by atoms with E-state index in [4.69, 9.17) is 14.2 Å². The van der Waals surface area contributed by atoms with Crippen molar-refractivity contribution < 1.29 is 24.1 Å². The van der Waals surface area contributed by atoms with E-state index < -0.39 is 6.10 Å². The second-order valence-electron chi connectivity index (χ2n) is 10.5. The molecule has 1 N–H and O–H groups in total. The van der Waals surface area contributed by atoms with Crippen molar-refractivity contribution in [1.82, 2.24) is 14.7 Å². The highest BCUT2D eigenvalue weighted by Crippen LogP contribution is 2.30. The number of amides is 1. The lowest BCUT2D eigenvalue weighted by Crippen LogP contribution is -2.55. The van der Waals surface area contributed by atoms with Gasteiger partial charge in [0.2, 0.25) is 5.91 Å². The van der Waals surface area contributed by atoms with Crippen LogP contribution in [0.2, 0.25) is 0 Å². The van der Waals surface area contributed by atoms with Crippen molar-refractivity contribution in [3.05, 3.63) is 60.2 Å². The fourth-order valence-electron chi connectivity index (χ4n) is 5.53. The minimum atomic E-state index is -0.543. The number of hydrogen-bond acceptors (Lipinski definition) is 7. The molecular formula is C29H39N3O5. The number of nitrogens with zero attached hydrogens (tertiary/aromatic N) is 3. The van der Waals surface area contributed by atoms with Crippen molar-refractivity contribution in [3.63, 3.8) is 0 Å². The molecule has 1 amide bonds. The molecule has 3 fully saturated rings. The molecule has 3 aliphatic heterocycles. The number of carbonyl (C=O) groups is 1. The zero-order valence-corrected chi connectivity index (χ0v) is 21.7. The number of aliphatic hydroxyl groups is 1. The first-order valence-corrected chi connectivity index (χ1v) is 13.5. The number of likely N-dealkylation sites (N-methyl/N-ethyl adjacent to an activating group) is 1. The first-order valence-electron chi connectivity index (χ1n) is 13.5. The highest BCUT2D eigenvalue weighted by Gasteiger charge is 2.38. The first kappa shape index (κ1) is 26.1. The standard InChI is InChI=1S/C29H39N3O5/c1-30-13-15-31(16-14-30)29(34)17-26-11-12-27-28(37-26)21-35-20-23(33)19-32(27)18-22-7-9-25(10-8-22)36-24-5-3-2-4-6-24/h2-10,23,26-28,33H,11-21H2,1H3/t23-,26+,27+,28-/m1/s1. The predicted molar refractivity (Wildman–Crippen MR) is 141 cm³/mol. The maximum absolute atomic E-state index is 12.9. The van der Waals surface area contributed by atoms with Crippen molar-refractivity contribution in [2.75, 3.05) is 53.0 Å². The highest BCUT2D eigenvalue weighted by atomic mass is 16.5. The Balaban J connectivity index is 1.20. The molecule has 0 unspecified atom stereocenters. The van der Waals surface area contributed by atoms with E-state index in [0.29, 0.717) is 26.1 Å².